The molecule has 3 N–H and O–H groups in total. The fourth-order valence-electron chi connectivity index (χ4n) is 1.89. The van der Waals surface area contributed by atoms with Crippen LogP contribution in [0.5, 0.6) is 0 Å². The number of nitrogens with zero attached hydrogens (tertiary/aromatic N) is 4. The fourth-order valence-corrected chi connectivity index (χ4v) is 1.89. The normalized spacial score (nSPS) is 13.0. The number of nitrogens with two attached hydrogens (primary N) is 1. The number of hydrogen-bond acceptors (Lipinski definition) is 4. The van der Waals surface area contributed by atoms with Gasteiger partial charge in [-0.3, -0.25) is 15.2 Å². The Bertz CT molecular complexity index is 483. The largest absolute Gasteiger partial charge is 0.271 e. The zero-order chi connectivity index (χ0) is 11.7. The van der Waals surface area contributed by atoms with E-state index in [1.807, 2.05) is 37.8 Å². The molecule has 1 unspecified atom stereocenters. The van der Waals surface area contributed by atoms with E-state index in [0.717, 1.165) is 17.1 Å². The lowest BCUT2D eigenvalue weighted by Gasteiger charge is -2.16. The lowest BCUT2D eigenvalue weighted by atomic mass is 10.1. The van der Waals surface area contributed by atoms with Gasteiger partial charge in [0.05, 0.1) is 17.1 Å². The predicted octanol–water partition coefficient (Wildman–Crippen LogP) is 0.0147. The van der Waals surface area contributed by atoms with Crippen LogP contribution in [0.4, 0.5) is 0 Å². The molecule has 0 aromatic carbocycles. The summed E-state index contributed by atoms with van der Waals surface area (Å²) in [5.41, 5.74) is 5.79. The molecule has 0 radical (unpaired) electrons. The van der Waals surface area contributed by atoms with Gasteiger partial charge in [-0.1, -0.05) is 0 Å². The van der Waals surface area contributed by atoms with E-state index in [-0.39, 0.29) is 6.04 Å². The van der Waals surface area contributed by atoms with Crippen molar-refractivity contribution >= 4 is 0 Å². The van der Waals surface area contributed by atoms with Crippen LogP contribution in [0.1, 0.15) is 23.1 Å². The first-order chi connectivity index (χ1) is 7.63. The maximum Gasteiger partial charge on any atom is 0.104 e. The number of aromatic nitrogens is 4. The molecule has 0 amide bonds. The Kier molecular flexibility index (Phi) is 2.76. The van der Waals surface area contributed by atoms with Gasteiger partial charge in [0.25, 0.3) is 0 Å². The molecule has 0 saturated heterocycles. The summed E-state index contributed by atoms with van der Waals surface area (Å²) in [6, 6.07) is 3.85. The Labute approximate surface area is 94.0 Å². The average Bonchev–Trinajstić information content (AvgIpc) is 2.77. The Hall–Kier alpha value is -1.66. The fraction of sp³-hybridized carbons (Fsp3) is 0.400. The first kappa shape index (κ1) is 10.8. The molecule has 0 aliphatic carbocycles. The molecule has 1 atom stereocenters. The molecule has 2 rings (SSSR count). The number of rotatable bonds is 3. The first-order valence-electron chi connectivity index (χ1n) is 5.08. The van der Waals surface area contributed by atoms with Crippen LogP contribution in [0.15, 0.2) is 18.3 Å². The van der Waals surface area contributed by atoms with Gasteiger partial charge in [0.15, 0.2) is 0 Å². The molecule has 0 aliphatic rings. The summed E-state index contributed by atoms with van der Waals surface area (Å²) < 4.78 is 3.62. The maximum absolute atomic E-state index is 5.61. The molecule has 0 fully saturated rings. The standard InChI is InChI=1S/C10H16N6/c1-7-6-9(16(3)14-7)10(13-11)8-4-5-12-15(8)2/h4-6,10,13H,11H2,1-3H3. The second kappa shape index (κ2) is 4.07. The van der Waals surface area contributed by atoms with Crippen molar-refractivity contribution < 1.29 is 0 Å². The van der Waals surface area contributed by atoms with Crippen LogP contribution in [0, 0.1) is 6.92 Å². The molecule has 6 nitrogen and oxygen atoms in total. The Morgan fingerprint density at radius 1 is 1.31 bits per heavy atom. The highest BCUT2D eigenvalue weighted by molar-refractivity contribution is 5.23. The van der Waals surface area contributed by atoms with E-state index in [9.17, 15) is 0 Å². The van der Waals surface area contributed by atoms with Crippen LogP contribution in [0.3, 0.4) is 0 Å². The molecule has 0 saturated carbocycles. The minimum atomic E-state index is -0.0984. The molecule has 2 aromatic heterocycles. The minimum Gasteiger partial charge on any atom is -0.271 e. The topological polar surface area (TPSA) is 73.7 Å². The summed E-state index contributed by atoms with van der Waals surface area (Å²) in [5.74, 6) is 5.61. The van der Waals surface area contributed by atoms with E-state index in [4.69, 9.17) is 5.84 Å². The zero-order valence-corrected chi connectivity index (χ0v) is 9.68. The smallest absolute Gasteiger partial charge is 0.104 e. The van der Waals surface area contributed by atoms with Gasteiger partial charge in [0.1, 0.15) is 6.04 Å². The van der Waals surface area contributed by atoms with E-state index < -0.39 is 0 Å². The molecule has 16 heavy (non-hydrogen) atoms. The van der Waals surface area contributed by atoms with Crippen molar-refractivity contribution in [2.75, 3.05) is 0 Å². The maximum atomic E-state index is 5.61. The van der Waals surface area contributed by atoms with Crippen LogP contribution < -0.4 is 11.3 Å². The van der Waals surface area contributed by atoms with E-state index in [1.54, 1.807) is 10.9 Å². The zero-order valence-electron chi connectivity index (χ0n) is 9.68. The van der Waals surface area contributed by atoms with Crippen molar-refractivity contribution in [1.29, 1.82) is 0 Å². The SMILES string of the molecule is Cc1cc(C(NN)c2ccnn2C)n(C)n1. The first-order valence-corrected chi connectivity index (χ1v) is 5.08. The second-order valence-corrected chi connectivity index (χ2v) is 3.81. The second-order valence-electron chi connectivity index (χ2n) is 3.81. The minimum absolute atomic E-state index is 0.0984. The van der Waals surface area contributed by atoms with Gasteiger partial charge in [-0.05, 0) is 19.1 Å². The number of hydrogen-bond donors (Lipinski definition) is 2. The molecule has 0 spiro atoms. The predicted molar refractivity (Wildman–Crippen MR) is 60.3 cm³/mol. The van der Waals surface area contributed by atoms with E-state index in [2.05, 4.69) is 15.6 Å². The van der Waals surface area contributed by atoms with Gasteiger partial charge in [0.2, 0.25) is 0 Å². The van der Waals surface area contributed by atoms with Gasteiger partial charge in [-0.25, -0.2) is 5.43 Å². The Morgan fingerprint density at radius 3 is 2.50 bits per heavy atom. The molecule has 86 valence electrons. The van der Waals surface area contributed by atoms with Gasteiger partial charge in [-0.2, -0.15) is 10.2 Å². The van der Waals surface area contributed by atoms with E-state index >= 15 is 0 Å². The van der Waals surface area contributed by atoms with Crippen molar-refractivity contribution in [3.05, 3.63) is 35.4 Å². The molecular formula is C10H16N6. The van der Waals surface area contributed by atoms with E-state index in [1.165, 1.54) is 0 Å². The average molecular weight is 220 g/mol. The Balaban J connectivity index is 2.44. The van der Waals surface area contributed by atoms with Gasteiger partial charge in [-0.15, -0.1) is 0 Å². The Morgan fingerprint density at radius 2 is 2.06 bits per heavy atom. The third-order valence-corrected chi connectivity index (χ3v) is 2.66. The monoisotopic (exact) mass is 220 g/mol. The van der Waals surface area contributed by atoms with Crippen LogP contribution in [-0.2, 0) is 14.1 Å². The summed E-state index contributed by atoms with van der Waals surface area (Å²) >= 11 is 0. The van der Waals surface area contributed by atoms with Crippen LogP contribution in [0.2, 0.25) is 0 Å². The van der Waals surface area contributed by atoms with Crippen molar-refractivity contribution in [2.24, 2.45) is 19.9 Å². The van der Waals surface area contributed by atoms with Gasteiger partial charge < -0.3 is 0 Å². The summed E-state index contributed by atoms with van der Waals surface area (Å²) in [6.07, 6.45) is 1.75. The van der Waals surface area contributed by atoms with Crippen LogP contribution >= 0.6 is 0 Å². The lowest BCUT2D eigenvalue weighted by Crippen LogP contribution is -2.31. The third-order valence-electron chi connectivity index (χ3n) is 2.66. The molecule has 2 heterocycles. The highest BCUT2D eigenvalue weighted by Crippen LogP contribution is 2.20. The summed E-state index contributed by atoms with van der Waals surface area (Å²) in [7, 11) is 3.80. The van der Waals surface area contributed by atoms with Crippen molar-refractivity contribution in [3.8, 4) is 0 Å². The summed E-state index contributed by atoms with van der Waals surface area (Å²) in [5, 5.41) is 8.45. The quantitative estimate of drug-likeness (QED) is 0.564. The van der Waals surface area contributed by atoms with Crippen molar-refractivity contribution in [2.45, 2.75) is 13.0 Å². The van der Waals surface area contributed by atoms with Crippen molar-refractivity contribution in [1.82, 2.24) is 25.0 Å². The van der Waals surface area contributed by atoms with Crippen molar-refractivity contribution in [3.63, 3.8) is 0 Å². The number of nitrogens with one attached hydrogen (secondary N) is 1. The number of hydrazine groups is 1. The van der Waals surface area contributed by atoms with Crippen LogP contribution in [0.25, 0.3) is 0 Å². The number of aryl methyl sites for hydroxylation is 3. The van der Waals surface area contributed by atoms with E-state index in [0.29, 0.717) is 0 Å². The highest BCUT2D eigenvalue weighted by Gasteiger charge is 2.19. The van der Waals surface area contributed by atoms with Crippen LogP contribution in [-0.4, -0.2) is 19.6 Å². The summed E-state index contributed by atoms with van der Waals surface area (Å²) in [6.45, 7) is 1.96. The molecular weight excluding hydrogens is 204 g/mol. The third kappa shape index (κ3) is 1.72. The molecule has 6 heteroatoms. The summed E-state index contributed by atoms with van der Waals surface area (Å²) in [4.78, 5) is 0. The molecule has 0 aliphatic heterocycles. The van der Waals surface area contributed by atoms with Gasteiger partial charge >= 0.3 is 0 Å². The van der Waals surface area contributed by atoms with Gasteiger partial charge in [0, 0.05) is 20.3 Å². The highest BCUT2D eigenvalue weighted by atomic mass is 15.3. The molecule has 2 aromatic rings. The molecule has 0 bridgehead atoms. The lowest BCUT2D eigenvalue weighted by molar-refractivity contribution is 0.535.